The van der Waals surface area contributed by atoms with Gasteiger partial charge < -0.3 is 9.47 Å². The largest absolute Gasteiger partial charge is 0.462 e. The van der Waals surface area contributed by atoms with E-state index in [0.29, 0.717) is 17.7 Å². The Kier molecular flexibility index (Phi) is 12.7. The third kappa shape index (κ3) is 10.6. The van der Waals surface area contributed by atoms with E-state index >= 15 is 0 Å². The monoisotopic (exact) mass is 374 g/mol. The summed E-state index contributed by atoms with van der Waals surface area (Å²) in [5, 5.41) is 0. The van der Waals surface area contributed by atoms with Crippen molar-refractivity contribution in [2.24, 2.45) is 0 Å². The van der Waals surface area contributed by atoms with Gasteiger partial charge in [-0.2, -0.15) is 0 Å². The molecule has 0 fully saturated rings. The lowest BCUT2D eigenvalue weighted by atomic mass is 10.1. The fourth-order valence-electron chi connectivity index (χ4n) is 2.60. The van der Waals surface area contributed by atoms with Gasteiger partial charge in [0.15, 0.2) is 0 Å². The number of allylic oxidation sites excluding steroid dienone is 1. The second-order valence-corrected chi connectivity index (χ2v) is 6.70. The Bertz CT molecular complexity index is 577. The van der Waals surface area contributed by atoms with Crippen LogP contribution in [0, 0.1) is 0 Å². The molecule has 0 heterocycles. The quantitative estimate of drug-likeness (QED) is 0.224. The predicted molar refractivity (Wildman–Crippen MR) is 109 cm³/mol. The van der Waals surface area contributed by atoms with Gasteiger partial charge in [0.2, 0.25) is 0 Å². The van der Waals surface area contributed by atoms with Crippen LogP contribution in [-0.2, 0) is 9.47 Å². The van der Waals surface area contributed by atoms with Crippen molar-refractivity contribution in [2.45, 2.75) is 71.6 Å². The van der Waals surface area contributed by atoms with Crippen molar-refractivity contribution in [3.63, 3.8) is 0 Å². The maximum Gasteiger partial charge on any atom is 0.338 e. The van der Waals surface area contributed by atoms with Crippen LogP contribution >= 0.6 is 0 Å². The zero-order valence-electron chi connectivity index (χ0n) is 16.9. The fraction of sp³-hybridized carbons (Fsp3) is 0.565. The summed E-state index contributed by atoms with van der Waals surface area (Å²) in [6.07, 6.45) is 14.4. The van der Waals surface area contributed by atoms with E-state index in [1.807, 2.05) is 13.0 Å². The topological polar surface area (TPSA) is 52.6 Å². The molecule has 0 N–H and O–H groups in total. The van der Waals surface area contributed by atoms with Crippen molar-refractivity contribution in [3.8, 4) is 0 Å². The molecule has 0 atom stereocenters. The lowest BCUT2D eigenvalue weighted by Crippen LogP contribution is -2.09. The summed E-state index contributed by atoms with van der Waals surface area (Å²) in [7, 11) is 0. The first-order valence-corrected chi connectivity index (χ1v) is 10.3. The van der Waals surface area contributed by atoms with E-state index in [1.54, 1.807) is 18.2 Å². The van der Waals surface area contributed by atoms with Gasteiger partial charge in [0.05, 0.1) is 17.7 Å². The maximum absolute atomic E-state index is 12.1. The fourth-order valence-corrected chi connectivity index (χ4v) is 2.60. The first-order chi connectivity index (χ1) is 13.2. The van der Waals surface area contributed by atoms with Crippen LogP contribution in [0.3, 0.4) is 0 Å². The molecule has 27 heavy (non-hydrogen) atoms. The van der Waals surface area contributed by atoms with E-state index in [4.69, 9.17) is 9.47 Å². The number of carbonyl (C=O) groups excluding carboxylic acids is 2. The first-order valence-electron chi connectivity index (χ1n) is 10.3. The molecule has 0 radical (unpaired) electrons. The number of rotatable bonds is 14. The second kappa shape index (κ2) is 15.0. The molecule has 0 bridgehead atoms. The zero-order chi connectivity index (χ0) is 19.7. The van der Waals surface area contributed by atoms with Crippen molar-refractivity contribution in [1.29, 1.82) is 0 Å². The van der Waals surface area contributed by atoms with E-state index in [-0.39, 0.29) is 6.61 Å². The van der Waals surface area contributed by atoms with Crippen molar-refractivity contribution in [2.75, 3.05) is 13.2 Å². The van der Waals surface area contributed by atoms with Crippen LogP contribution in [0.1, 0.15) is 92.4 Å². The van der Waals surface area contributed by atoms with Crippen LogP contribution in [0.5, 0.6) is 0 Å². The van der Waals surface area contributed by atoms with Gasteiger partial charge in [-0.1, -0.05) is 70.6 Å². The van der Waals surface area contributed by atoms with Gasteiger partial charge in [0, 0.05) is 0 Å². The van der Waals surface area contributed by atoms with E-state index < -0.39 is 11.9 Å². The number of unbranched alkanes of at least 4 members (excludes halogenated alkanes) is 7. The molecule has 0 aromatic heterocycles. The van der Waals surface area contributed by atoms with Gasteiger partial charge in [-0.25, -0.2) is 9.59 Å². The number of ether oxygens (including phenoxy) is 2. The van der Waals surface area contributed by atoms with Crippen LogP contribution < -0.4 is 0 Å². The maximum atomic E-state index is 12.1. The molecule has 0 saturated heterocycles. The first kappa shape index (κ1) is 22.9. The average molecular weight is 375 g/mol. The predicted octanol–water partition coefficient (Wildman–Crippen LogP) is 6.11. The standard InChI is InChI=1S/C23H34O4/c1-3-5-7-8-9-10-11-12-13-18-27-23(25)21-16-14-15-20(19-21)22(24)26-17-6-4-2/h12-16,19H,3-11,17-18H2,1-2H3/b13-12+. The minimum atomic E-state index is -0.428. The summed E-state index contributed by atoms with van der Waals surface area (Å²) in [6, 6.07) is 6.48. The number of carbonyl (C=O) groups is 2. The highest BCUT2D eigenvalue weighted by atomic mass is 16.5. The molecule has 4 heteroatoms. The van der Waals surface area contributed by atoms with Gasteiger partial charge in [-0.05, 0) is 37.5 Å². The van der Waals surface area contributed by atoms with Gasteiger partial charge >= 0.3 is 11.9 Å². The number of esters is 2. The molecule has 0 spiro atoms. The minimum absolute atomic E-state index is 0.250. The molecule has 4 nitrogen and oxygen atoms in total. The highest BCUT2D eigenvalue weighted by molar-refractivity contribution is 5.95. The Morgan fingerprint density at radius 1 is 0.815 bits per heavy atom. The number of hydrogen-bond donors (Lipinski definition) is 0. The number of hydrogen-bond acceptors (Lipinski definition) is 4. The molecular weight excluding hydrogens is 340 g/mol. The van der Waals surface area contributed by atoms with E-state index in [2.05, 4.69) is 13.0 Å². The Labute approximate surface area is 163 Å². The molecule has 0 unspecified atom stereocenters. The molecule has 1 aromatic carbocycles. The van der Waals surface area contributed by atoms with Crippen molar-refractivity contribution in [3.05, 3.63) is 47.5 Å². The normalized spacial score (nSPS) is 10.9. The van der Waals surface area contributed by atoms with Crippen LogP contribution in [0.4, 0.5) is 0 Å². The lowest BCUT2D eigenvalue weighted by molar-refractivity contribution is 0.0499. The van der Waals surface area contributed by atoms with Gasteiger partial charge in [-0.15, -0.1) is 0 Å². The Morgan fingerprint density at radius 3 is 2.15 bits per heavy atom. The third-order valence-electron chi connectivity index (χ3n) is 4.27. The van der Waals surface area contributed by atoms with Crippen molar-refractivity contribution in [1.82, 2.24) is 0 Å². The number of benzene rings is 1. The zero-order valence-corrected chi connectivity index (χ0v) is 16.9. The molecule has 0 saturated carbocycles. The average Bonchev–Trinajstić information content (AvgIpc) is 2.69. The third-order valence-corrected chi connectivity index (χ3v) is 4.27. The molecule has 0 amide bonds. The molecule has 0 aliphatic heterocycles. The minimum Gasteiger partial charge on any atom is -0.462 e. The molecule has 1 rings (SSSR count). The molecule has 150 valence electrons. The molecule has 1 aromatic rings. The smallest absolute Gasteiger partial charge is 0.338 e. The van der Waals surface area contributed by atoms with Gasteiger partial charge in [-0.3, -0.25) is 0 Å². The highest BCUT2D eigenvalue weighted by Crippen LogP contribution is 2.10. The van der Waals surface area contributed by atoms with E-state index in [0.717, 1.165) is 19.3 Å². The van der Waals surface area contributed by atoms with Crippen LogP contribution in [0.2, 0.25) is 0 Å². The summed E-state index contributed by atoms with van der Waals surface area (Å²) in [4.78, 5) is 24.1. The Hall–Kier alpha value is -2.10. The second-order valence-electron chi connectivity index (χ2n) is 6.70. The van der Waals surface area contributed by atoms with Crippen molar-refractivity contribution >= 4 is 11.9 Å². The summed E-state index contributed by atoms with van der Waals surface area (Å²) in [5.74, 6) is -0.834. The van der Waals surface area contributed by atoms with E-state index in [9.17, 15) is 9.59 Å². The summed E-state index contributed by atoms with van der Waals surface area (Å²) >= 11 is 0. The van der Waals surface area contributed by atoms with E-state index in [1.165, 1.54) is 44.6 Å². The highest BCUT2D eigenvalue weighted by Gasteiger charge is 2.12. The van der Waals surface area contributed by atoms with Crippen molar-refractivity contribution < 1.29 is 19.1 Å². The van der Waals surface area contributed by atoms with Gasteiger partial charge in [0.1, 0.15) is 6.61 Å². The van der Waals surface area contributed by atoms with Crippen LogP contribution in [-0.4, -0.2) is 25.2 Å². The summed E-state index contributed by atoms with van der Waals surface area (Å²) in [6.45, 7) is 4.90. The Morgan fingerprint density at radius 2 is 1.44 bits per heavy atom. The van der Waals surface area contributed by atoms with Crippen LogP contribution in [0.25, 0.3) is 0 Å². The molecular formula is C23H34O4. The van der Waals surface area contributed by atoms with Crippen LogP contribution in [0.15, 0.2) is 36.4 Å². The summed E-state index contributed by atoms with van der Waals surface area (Å²) < 4.78 is 10.4. The Balaban J connectivity index is 2.29. The van der Waals surface area contributed by atoms with Gasteiger partial charge in [0.25, 0.3) is 0 Å². The molecule has 0 aliphatic carbocycles. The molecule has 0 aliphatic rings. The lowest BCUT2D eigenvalue weighted by Gasteiger charge is -2.06. The SMILES string of the molecule is CCCCCCCC/C=C/COC(=O)c1cccc(C(=O)OCCCC)c1. The summed E-state index contributed by atoms with van der Waals surface area (Å²) in [5.41, 5.74) is 0.739.